The van der Waals surface area contributed by atoms with Gasteiger partial charge in [0.05, 0.1) is 0 Å². The smallest absolute Gasteiger partial charge is 0.251 e. The Labute approximate surface area is 113 Å². The number of aryl methyl sites for hydroxylation is 1. The van der Waals surface area contributed by atoms with Gasteiger partial charge >= 0.3 is 0 Å². The van der Waals surface area contributed by atoms with Gasteiger partial charge in [0.2, 0.25) is 0 Å². The first-order valence-corrected chi connectivity index (χ1v) is 6.76. The third-order valence-corrected chi connectivity index (χ3v) is 3.95. The Morgan fingerprint density at radius 2 is 2.00 bits per heavy atom. The molecule has 1 aromatic carbocycles. The Bertz CT molecular complexity index is 439. The average molecular weight is 267 g/mol. The lowest BCUT2D eigenvalue weighted by molar-refractivity contribution is 0.0926. The molecule has 4 heteroatoms. The van der Waals surface area contributed by atoms with Gasteiger partial charge < -0.3 is 11.1 Å². The van der Waals surface area contributed by atoms with Crippen molar-refractivity contribution in [3.05, 3.63) is 34.3 Å². The summed E-state index contributed by atoms with van der Waals surface area (Å²) in [5.41, 5.74) is 7.45. The Morgan fingerprint density at radius 1 is 1.33 bits per heavy atom. The molecule has 0 unspecified atom stereocenters. The highest BCUT2D eigenvalue weighted by molar-refractivity contribution is 6.31. The van der Waals surface area contributed by atoms with Crippen molar-refractivity contribution in [1.82, 2.24) is 5.32 Å². The molecule has 98 valence electrons. The lowest BCUT2D eigenvalue weighted by atomic mass is 9.91. The number of nitrogens with two attached hydrogens (primary N) is 1. The number of hydrogen-bond donors (Lipinski definition) is 2. The monoisotopic (exact) mass is 266 g/mol. The summed E-state index contributed by atoms with van der Waals surface area (Å²) in [6.45, 7) is 1.92. The number of nitrogens with one attached hydrogen (secondary N) is 1. The van der Waals surface area contributed by atoms with Gasteiger partial charge in [-0.3, -0.25) is 4.79 Å². The zero-order valence-electron chi connectivity index (χ0n) is 10.6. The minimum Gasteiger partial charge on any atom is -0.349 e. The van der Waals surface area contributed by atoms with Gasteiger partial charge in [-0.15, -0.1) is 0 Å². The van der Waals surface area contributed by atoms with Crippen LogP contribution in [-0.2, 0) is 0 Å². The summed E-state index contributed by atoms with van der Waals surface area (Å²) < 4.78 is 0. The maximum absolute atomic E-state index is 12.1. The topological polar surface area (TPSA) is 55.1 Å². The lowest BCUT2D eigenvalue weighted by Gasteiger charge is -2.26. The van der Waals surface area contributed by atoms with Crippen molar-refractivity contribution in [2.45, 2.75) is 44.7 Å². The van der Waals surface area contributed by atoms with Gasteiger partial charge in [0.15, 0.2) is 0 Å². The number of benzene rings is 1. The molecule has 3 N–H and O–H groups in total. The predicted molar refractivity (Wildman–Crippen MR) is 73.9 cm³/mol. The van der Waals surface area contributed by atoms with E-state index >= 15 is 0 Å². The summed E-state index contributed by atoms with van der Waals surface area (Å²) in [6.07, 6.45) is 3.90. The van der Waals surface area contributed by atoms with Gasteiger partial charge in [0.1, 0.15) is 0 Å². The van der Waals surface area contributed by atoms with Crippen molar-refractivity contribution in [1.29, 1.82) is 0 Å². The molecular formula is C14H19ClN2O. The molecule has 0 aliphatic heterocycles. The summed E-state index contributed by atoms with van der Waals surface area (Å²) in [4.78, 5) is 12.1. The molecule has 0 spiro atoms. The molecular weight excluding hydrogens is 248 g/mol. The second kappa shape index (κ2) is 5.72. The molecule has 2 rings (SSSR count). The summed E-state index contributed by atoms with van der Waals surface area (Å²) in [7, 11) is 0. The molecule has 1 amide bonds. The van der Waals surface area contributed by atoms with Crippen LogP contribution in [0.2, 0.25) is 5.02 Å². The highest BCUT2D eigenvalue weighted by Gasteiger charge is 2.20. The van der Waals surface area contributed by atoms with Crippen LogP contribution in [0, 0.1) is 6.92 Å². The van der Waals surface area contributed by atoms with Crippen molar-refractivity contribution in [3.8, 4) is 0 Å². The lowest BCUT2D eigenvalue weighted by Crippen LogP contribution is -2.40. The van der Waals surface area contributed by atoms with E-state index in [0.29, 0.717) is 16.6 Å². The fraction of sp³-hybridized carbons (Fsp3) is 0.500. The van der Waals surface area contributed by atoms with Crippen LogP contribution >= 0.6 is 11.6 Å². The van der Waals surface area contributed by atoms with Crippen molar-refractivity contribution in [2.24, 2.45) is 5.73 Å². The molecule has 18 heavy (non-hydrogen) atoms. The molecule has 3 nitrogen and oxygen atoms in total. The molecule has 1 aromatic rings. The Hall–Kier alpha value is -1.06. The highest BCUT2D eigenvalue weighted by Crippen LogP contribution is 2.19. The van der Waals surface area contributed by atoms with Crippen LogP contribution in [-0.4, -0.2) is 18.0 Å². The zero-order valence-corrected chi connectivity index (χ0v) is 11.3. The first-order chi connectivity index (χ1) is 8.56. The molecule has 0 radical (unpaired) electrons. The van der Waals surface area contributed by atoms with Crippen LogP contribution in [0.3, 0.4) is 0 Å². The molecule has 1 saturated carbocycles. The maximum Gasteiger partial charge on any atom is 0.251 e. The molecule has 0 aromatic heterocycles. The molecule has 1 fully saturated rings. The fourth-order valence-corrected chi connectivity index (χ4v) is 2.45. The normalized spacial score (nSPS) is 23.7. The van der Waals surface area contributed by atoms with Crippen LogP contribution in [0.1, 0.15) is 41.6 Å². The number of carbonyl (C=O) groups is 1. The van der Waals surface area contributed by atoms with E-state index in [2.05, 4.69) is 5.32 Å². The summed E-state index contributed by atoms with van der Waals surface area (Å²) in [6, 6.07) is 5.95. The highest BCUT2D eigenvalue weighted by atomic mass is 35.5. The van der Waals surface area contributed by atoms with E-state index < -0.39 is 0 Å². The average Bonchev–Trinajstić information content (AvgIpc) is 2.35. The van der Waals surface area contributed by atoms with E-state index in [9.17, 15) is 4.79 Å². The van der Waals surface area contributed by atoms with Crippen LogP contribution in [0.5, 0.6) is 0 Å². The Morgan fingerprint density at radius 3 is 2.61 bits per heavy atom. The van der Waals surface area contributed by atoms with Crippen LogP contribution in [0.4, 0.5) is 0 Å². The van der Waals surface area contributed by atoms with E-state index in [0.717, 1.165) is 31.2 Å². The first kappa shape index (κ1) is 13.4. The van der Waals surface area contributed by atoms with E-state index in [1.54, 1.807) is 6.07 Å². The van der Waals surface area contributed by atoms with Crippen LogP contribution in [0.15, 0.2) is 18.2 Å². The standard InChI is InChI=1S/C14H19ClN2O/c1-9-2-3-10(8-13(9)15)14(18)17-12-6-4-11(16)5-7-12/h2-3,8,11-12H,4-7,16H2,1H3,(H,17,18). The summed E-state index contributed by atoms with van der Waals surface area (Å²) in [5.74, 6) is -0.0441. The summed E-state index contributed by atoms with van der Waals surface area (Å²) >= 11 is 6.02. The maximum atomic E-state index is 12.1. The number of rotatable bonds is 2. The van der Waals surface area contributed by atoms with Gasteiger partial charge in [-0.2, -0.15) is 0 Å². The minimum absolute atomic E-state index is 0.0441. The van der Waals surface area contributed by atoms with Crippen LogP contribution in [0.25, 0.3) is 0 Å². The first-order valence-electron chi connectivity index (χ1n) is 6.39. The molecule has 0 atom stereocenters. The number of hydrogen-bond acceptors (Lipinski definition) is 2. The van der Waals surface area contributed by atoms with E-state index in [-0.39, 0.29) is 11.9 Å². The third kappa shape index (κ3) is 3.24. The number of halogens is 1. The second-order valence-corrected chi connectivity index (χ2v) is 5.46. The van der Waals surface area contributed by atoms with Crippen molar-refractivity contribution in [3.63, 3.8) is 0 Å². The van der Waals surface area contributed by atoms with Gasteiger partial charge in [-0.1, -0.05) is 17.7 Å². The van der Waals surface area contributed by atoms with E-state index in [1.807, 2.05) is 19.1 Å². The Balaban J connectivity index is 1.97. The number of carbonyl (C=O) groups excluding carboxylic acids is 1. The number of amides is 1. The summed E-state index contributed by atoms with van der Waals surface area (Å²) in [5, 5.41) is 3.68. The molecule has 0 bridgehead atoms. The van der Waals surface area contributed by atoms with Crippen molar-refractivity contribution >= 4 is 17.5 Å². The molecule has 0 heterocycles. The van der Waals surface area contributed by atoms with Gasteiger partial charge in [-0.05, 0) is 50.3 Å². The zero-order chi connectivity index (χ0) is 13.1. The SMILES string of the molecule is Cc1ccc(C(=O)NC2CCC(N)CC2)cc1Cl. The van der Waals surface area contributed by atoms with Gasteiger partial charge in [-0.25, -0.2) is 0 Å². The van der Waals surface area contributed by atoms with Crippen LogP contribution < -0.4 is 11.1 Å². The Kier molecular flexibility index (Phi) is 4.25. The quantitative estimate of drug-likeness (QED) is 0.865. The van der Waals surface area contributed by atoms with E-state index in [4.69, 9.17) is 17.3 Å². The molecule has 0 saturated heterocycles. The molecule has 1 aliphatic carbocycles. The minimum atomic E-state index is -0.0441. The van der Waals surface area contributed by atoms with Gasteiger partial charge in [0.25, 0.3) is 5.91 Å². The van der Waals surface area contributed by atoms with Gasteiger partial charge in [0, 0.05) is 22.7 Å². The predicted octanol–water partition coefficient (Wildman–Crippen LogP) is 2.65. The fourth-order valence-electron chi connectivity index (χ4n) is 2.27. The second-order valence-electron chi connectivity index (χ2n) is 5.05. The third-order valence-electron chi connectivity index (χ3n) is 3.54. The largest absolute Gasteiger partial charge is 0.349 e. The van der Waals surface area contributed by atoms with Crippen molar-refractivity contribution < 1.29 is 4.79 Å². The van der Waals surface area contributed by atoms with E-state index in [1.165, 1.54) is 0 Å². The van der Waals surface area contributed by atoms with Crippen molar-refractivity contribution in [2.75, 3.05) is 0 Å². The molecule has 1 aliphatic rings.